The van der Waals surface area contributed by atoms with Crippen LogP contribution in [0.2, 0.25) is 0 Å². The molecule has 1 aliphatic carbocycles. The fourth-order valence-electron chi connectivity index (χ4n) is 4.98. The molecule has 1 saturated carbocycles. The molecule has 1 aliphatic heterocycles. The first-order valence-corrected chi connectivity index (χ1v) is 12.6. The van der Waals surface area contributed by atoms with Gasteiger partial charge < -0.3 is 14.8 Å². The highest BCUT2D eigenvalue weighted by Gasteiger charge is 2.23. The number of aryl methyl sites for hydroxylation is 2. The summed E-state index contributed by atoms with van der Waals surface area (Å²) < 4.78 is 2.36. The van der Waals surface area contributed by atoms with Gasteiger partial charge in [-0.15, -0.1) is 0 Å². The molecule has 31 heavy (non-hydrogen) atoms. The summed E-state index contributed by atoms with van der Waals surface area (Å²) in [5.41, 5.74) is 5.32. The van der Waals surface area contributed by atoms with Crippen molar-refractivity contribution in [3.05, 3.63) is 52.3 Å². The fourth-order valence-corrected chi connectivity index (χ4v) is 5.89. The van der Waals surface area contributed by atoms with Crippen LogP contribution >= 0.6 is 11.8 Å². The molecule has 0 bridgehead atoms. The van der Waals surface area contributed by atoms with Crippen LogP contribution in [-0.2, 0) is 0 Å². The van der Waals surface area contributed by atoms with E-state index in [1.165, 1.54) is 32.1 Å². The fraction of sp³-hybridized carbons (Fsp3) is 0.520. The Morgan fingerprint density at radius 2 is 1.71 bits per heavy atom. The van der Waals surface area contributed by atoms with E-state index in [2.05, 4.69) is 23.7 Å². The number of nitrogens with zero attached hydrogens (tertiary/aromatic N) is 2. The molecule has 1 aromatic carbocycles. The van der Waals surface area contributed by atoms with Crippen molar-refractivity contribution in [1.82, 2.24) is 9.47 Å². The van der Waals surface area contributed by atoms with Crippen LogP contribution in [0.4, 0.5) is 5.69 Å². The average molecular weight is 440 g/mol. The van der Waals surface area contributed by atoms with Gasteiger partial charge in [0.25, 0.3) is 11.8 Å². The van der Waals surface area contributed by atoms with Gasteiger partial charge in [0.05, 0.1) is 5.56 Å². The van der Waals surface area contributed by atoms with Crippen molar-refractivity contribution in [2.75, 3.05) is 29.9 Å². The van der Waals surface area contributed by atoms with Crippen LogP contribution in [-0.4, -0.2) is 45.9 Å². The Balaban J connectivity index is 1.49. The number of amides is 2. The molecule has 4 rings (SSSR count). The summed E-state index contributed by atoms with van der Waals surface area (Å²) in [6.07, 6.45) is 6.24. The largest absolute Gasteiger partial charge is 0.345 e. The van der Waals surface area contributed by atoms with Crippen molar-refractivity contribution in [3.63, 3.8) is 0 Å². The molecule has 0 unspecified atom stereocenters. The van der Waals surface area contributed by atoms with Crippen molar-refractivity contribution >= 4 is 29.3 Å². The smallest absolute Gasteiger partial charge is 0.257 e. The molecule has 0 atom stereocenters. The van der Waals surface area contributed by atoms with Gasteiger partial charge in [0.1, 0.15) is 0 Å². The van der Waals surface area contributed by atoms with E-state index in [-0.39, 0.29) is 11.8 Å². The standard InChI is InChI=1S/C25H33N3O2S/c1-17-15-20(25(30)27-11-13-31-14-12-27)9-10-23(17)26-24(29)22-16-18(2)28(19(22)3)21-7-5-4-6-8-21/h9-10,15-16,21H,4-8,11-14H2,1-3H3,(H,26,29). The maximum absolute atomic E-state index is 13.1. The van der Waals surface area contributed by atoms with Crippen LogP contribution in [0.3, 0.4) is 0 Å². The summed E-state index contributed by atoms with van der Waals surface area (Å²) in [4.78, 5) is 27.8. The Bertz CT molecular complexity index is 969. The normalized spacial score (nSPS) is 17.6. The highest BCUT2D eigenvalue weighted by atomic mass is 32.2. The molecule has 1 aromatic heterocycles. The SMILES string of the molecule is Cc1cc(C(=O)N2CCSCC2)ccc1NC(=O)c1cc(C)n(C2CCCCC2)c1C. The van der Waals surface area contributed by atoms with E-state index >= 15 is 0 Å². The number of hydrogen-bond donors (Lipinski definition) is 1. The Labute approximate surface area is 189 Å². The van der Waals surface area contributed by atoms with Gasteiger partial charge in [0.2, 0.25) is 0 Å². The summed E-state index contributed by atoms with van der Waals surface area (Å²) >= 11 is 1.89. The van der Waals surface area contributed by atoms with E-state index in [0.29, 0.717) is 11.6 Å². The zero-order valence-corrected chi connectivity index (χ0v) is 19.7. The molecule has 0 radical (unpaired) electrons. The van der Waals surface area contributed by atoms with Gasteiger partial charge in [0.15, 0.2) is 0 Å². The number of carbonyl (C=O) groups is 2. The van der Waals surface area contributed by atoms with E-state index in [9.17, 15) is 9.59 Å². The van der Waals surface area contributed by atoms with Gasteiger partial charge in [0, 0.05) is 53.3 Å². The summed E-state index contributed by atoms with van der Waals surface area (Å²) in [6.45, 7) is 7.71. The number of thioether (sulfide) groups is 1. The minimum atomic E-state index is -0.0783. The first-order chi connectivity index (χ1) is 15.0. The minimum absolute atomic E-state index is 0.0783. The third kappa shape index (κ3) is 4.69. The maximum Gasteiger partial charge on any atom is 0.257 e. The van der Waals surface area contributed by atoms with Crippen molar-refractivity contribution in [2.45, 2.75) is 58.9 Å². The molecule has 2 aliphatic rings. The predicted octanol–water partition coefficient (Wildman–Crippen LogP) is 5.36. The number of benzene rings is 1. The quantitative estimate of drug-likeness (QED) is 0.698. The zero-order chi connectivity index (χ0) is 22.0. The van der Waals surface area contributed by atoms with E-state index < -0.39 is 0 Å². The number of nitrogens with one attached hydrogen (secondary N) is 1. The predicted molar refractivity (Wildman–Crippen MR) is 128 cm³/mol. The second-order valence-electron chi connectivity index (χ2n) is 8.84. The van der Waals surface area contributed by atoms with E-state index in [1.807, 2.05) is 47.9 Å². The Morgan fingerprint density at radius 1 is 1.00 bits per heavy atom. The summed E-state index contributed by atoms with van der Waals surface area (Å²) in [6, 6.07) is 8.11. The number of aromatic nitrogens is 1. The highest BCUT2D eigenvalue weighted by molar-refractivity contribution is 7.99. The molecule has 2 aromatic rings. The number of rotatable bonds is 4. The van der Waals surface area contributed by atoms with E-state index in [4.69, 9.17) is 0 Å². The van der Waals surface area contributed by atoms with Gasteiger partial charge in [-0.05, 0) is 63.4 Å². The monoisotopic (exact) mass is 439 g/mol. The van der Waals surface area contributed by atoms with Crippen LogP contribution in [0.25, 0.3) is 0 Å². The number of carbonyl (C=O) groups excluding carboxylic acids is 2. The molecular weight excluding hydrogens is 406 g/mol. The van der Waals surface area contributed by atoms with Crippen molar-refractivity contribution in [3.8, 4) is 0 Å². The first kappa shape index (κ1) is 22.0. The molecule has 0 spiro atoms. The first-order valence-electron chi connectivity index (χ1n) is 11.4. The lowest BCUT2D eigenvalue weighted by Gasteiger charge is -2.26. The molecule has 1 N–H and O–H groups in total. The number of anilines is 1. The molecular formula is C25H33N3O2S. The minimum Gasteiger partial charge on any atom is -0.345 e. The molecule has 5 nitrogen and oxygen atoms in total. The number of hydrogen-bond acceptors (Lipinski definition) is 3. The van der Waals surface area contributed by atoms with Crippen LogP contribution in [0.15, 0.2) is 24.3 Å². The van der Waals surface area contributed by atoms with Gasteiger partial charge in [-0.2, -0.15) is 11.8 Å². The second kappa shape index (κ2) is 9.51. The van der Waals surface area contributed by atoms with Crippen LogP contribution < -0.4 is 5.32 Å². The molecule has 2 amide bonds. The van der Waals surface area contributed by atoms with Crippen molar-refractivity contribution < 1.29 is 9.59 Å². The zero-order valence-electron chi connectivity index (χ0n) is 18.9. The Hall–Kier alpha value is -2.21. The third-order valence-corrected chi connectivity index (χ3v) is 7.63. The molecule has 6 heteroatoms. The lowest BCUT2D eigenvalue weighted by atomic mass is 9.95. The van der Waals surface area contributed by atoms with Gasteiger partial charge in [-0.3, -0.25) is 9.59 Å². The Morgan fingerprint density at radius 3 is 2.39 bits per heavy atom. The molecule has 1 saturated heterocycles. The van der Waals surface area contributed by atoms with E-state index in [1.54, 1.807) is 0 Å². The second-order valence-corrected chi connectivity index (χ2v) is 10.1. The highest BCUT2D eigenvalue weighted by Crippen LogP contribution is 2.32. The van der Waals surface area contributed by atoms with Crippen molar-refractivity contribution in [2.24, 2.45) is 0 Å². The molecule has 166 valence electrons. The average Bonchev–Trinajstić information content (AvgIpc) is 3.09. The summed E-state index contributed by atoms with van der Waals surface area (Å²) in [7, 11) is 0. The van der Waals surface area contributed by atoms with Gasteiger partial charge >= 0.3 is 0 Å². The Kier molecular flexibility index (Phi) is 6.75. The lowest BCUT2D eigenvalue weighted by Crippen LogP contribution is -2.37. The lowest BCUT2D eigenvalue weighted by molar-refractivity contribution is 0.0772. The van der Waals surface area contributed by atoms with Gasteiger partial charge in [-0.1, -0.05) is 19.3 Å². The van der Waals surface area contributed by atoms with Crippen LogP contribution in [0.1, 0.15) is 75.8 Å². The summed E-state index contributed by atoms with van der Waals surface area (Å²) in [5, 5.41) is 3.08. The molecule has 2 fully saturated rings. The van der Waals surface area contributed by atoms with Crippen molar-refractivity contribution in [1.29, 1.82) is 0 Å². The van der Waals surface area contributed by atoms with Crippen LogP contribution in [0.5, 0.6) is 0 Å². The third-order valence-electron chi connectivity index (χ3n) is 6.69. The van der Waals surface area contributed by atoms with Crippen LogP contribution in [0, 0.1) is 20.8 Å². The van der Waals surface area contributed by atoms with E-state index in [0.717, 1.165) is 52.8 Å². The topological polar surface area (TPSA) is 54.3 Å². The maximum atomic E-state index is 13.1. The molecule has 2 heterocycles. The summed E-state index contributed by atoms with van der Waals surface area (Å²) in [5.74, 6) is 2.00. The van der Waals surface area contributed by atoms with Gasteiger partial charge in [-0.25, -0.2) is 0 Å².